The number of methoxy groups -OCH3 is 2. The molecule has 7 nitrogen and oxygen atoms in total. The van der Waals surface area contributed by atoms with Crippen molar-refractivity contribution >= 4 is 11.8 Å². The van der Waals surface area contributed by atoms with Crippen LogP contribution in [0.1, 0.15) is 16.1 Å². The Morgan fingerprint density at radius 1 is 1.04 bits per heavy atom. The number of ether oxygens (including phenoxy) is 2. The summed E-state index contributed by atoms with van der Waals surface area (Å²) in [5, 5.41) is 0. The minimum Gasteiger partial charge on any atom is -0.497 e. The molecule has 26 heavy (non-hydrogen) atoms. The van der Waals surface area contributed by atoms with Gasteiger partial charge in [0.25, 0.3) is 5.91 Å². The molecule has 1 N–H and O–H groups in total. The Kier molecular flexibility index (Phi) is 5.46. The Bertz CT molecular complexity index is 765. The summed E-state index contributed by atoms with van der Waals surface area (Å²) in [6.45, 7) is 2.07. The molecule has 3 rings (SSSR count). The maximum absolute atomic E-state index is 12.8. The van der Waals surface area contributed by atoms with E-state index in [1.807, 2.05) is 18.3 Å². The first-order chi connectivity index (χ1) is 12.6. The number of carbonyl (C=O) groups excluding carboxylic acids is 2. The van der Waals surface area contributed by atoms with Gasteiger partial charge in [-0.25, -0.2) is 0 Å². The molecule has 7 heteroatoms. The normalized spacial score (nSPS) is 14.2. The van der Waals surface area contributed by atoms with Crippen LogP contribution in [-0.4, -0.2) is 67.0 Å². The van der Waals surface area contributed by atoms with Crippen LogP contribution >= 0.6 is 0 Å². The number of rotatable bonds is 5. The molecule has 138 valence electrons. The fraction of sp³-hybridized carbons (Fsp3) is 0.368. The van der Waals surface area contributed by atoms with Crippen LogP contribution in [0.15, 0.2) is 36.5 Å². The van der Waals surface area contributed by atoms with E-state index in [9.17, 15) is 9.59 Å². The lowest BCUT2D eigenvalue weighted by Gasteiger charge is -2.35. The van der Waals surface area contributed by atoms with E-state index in [2.05, 4.69) is 4.98 Å². The Morgan fingerprint density at radius 3 is 2.38 bits per heavy atom. The first kappa shape index (κ1) is 17.8. The summed E-state index contributed by atoms with van der Waals surface area (Å²) in [7, 11) is 3.10. The van der Waals surface area contributed by atoms with Crippen molar-refractivity contribution in [3.8, 4) is 11.5 Å². The van der Waals surface area contributed by atoms with Crippen LogP contribution in [0.2, 0.25) is 0 Å². The molecule has 0 bridgehead atoms. The first-order valence-electron chi connectivity index (χ1n) is 8.53. The fourth-order valence-corrected chi connectivity index (χ4v) is 3.06. The van der Waals surface area contributed by atoms with Crippen molar-refractivity contribution in [3.05, 3.63) is 47.8 Å². The zero-order chi connectivity index (χ0) is 18.5. The molecule has 2 aromatic rings. The van der Waals surface area contributed by atoms with Crippen LogP contribution in [0.25, 0.3) is 0 Å². The Balaban J connectivity index is 1.61. The van der Waals surface area contributed by atoms with Gasteiger partial charge in [0.2, 0.25) is 5.91 Å². The minimum atomic E-state index is -0.0963. The van der Waals surface area contributed by atoms with Gasteiger partial charge in [-0.15, -0.1) is 0 Å². The number of piperazine rings is 1. The van der Waals surface area contributed by atoms with Gasteiger partial charge in [-0.1, -0.05) is 0 Å². The quantitative estimate of drug-likeness (QED) is 0.881. The molecule has 1 saturated heterocycles. The molecule has 1 aromatic carbocycles. The minimum absolute atomic E-state index is 0.0709. The third kappa shape index (κ3) is 3.82. The van der Waals surface area contributed by atoms with Crippen molar-refractivity contribution in [1.29, 1.82) is 0 Å². The molecule has 0 aliphatic carbocycles. The van der Waals surface area contributed by atoms with Crippen LogP contribution < -0.4 is 9.47 Å². The molecule has 1 aliphatic rings. The third-order valence-electron chi connectivity index (χ3n) is 4.56. The number of amides is 2. The number of aromatic nitrogens is 1. The van der Waals surface area contributed by atoms with Crippen molar-refractivity contribution in [2.24, 2.45) is 0 Å². The van der Waals surface area contributed by atoms with E-state index in [4.69, 9.17) is 9.47 Å². The van der Waals surface area contributed by atoms with Crippen LogP contribution in [-0.2, 0) is 11.2 Å². The van der Waals surface area contributed by atoms with Crippen molar-refractivity contribution in [1.82, 2.24) is 14.8 Å². The molecule has 2 heterocycles. The van der Waals surface area contributed by atoms with E-state index in [0.717, 1.165) is 5.69 Å². The van der Waals surface area contributed by atoms with Gasteiger partial charge in [0, 0.05) is 44.1 Å². The second-order valence-corrected chi connectivity index (χ2v) is 6.11. The molecule has 1 aromatic heterocycles. The highest BCUT2D eigenvalue weighted by atomic mass is 16.5. The Labute approximate surface area is 152 Å². The second kappa shape index (κ2) is 7.95. The van der Waals surface area contributed by atoms with E-state index < -0.39 is 0 Å². The maximum Gasteiger partial charge on any atom is 0.257 e. The van der Waals surface area contributed by atoms with Crippen molar-refractivity contribution in [2.75, 3.05) is 40.4 Å². The number of nitrogens with one attached hydrogen (secondary N) is 1. The van der Waals surface area contributed by atoms with Crippen LogP contribution in [0.4, 0.5) is 0 Å². The third-order valence-corrected chi connectivity index (χ3v) is 4.56. The van der Waals surface area contributed by atoms with Gasteiger partial charge in [-0.3, -0.25) is 9.59 Å². The molecule has 0 spiro atoms. The summed E-state index contributed by atoms with van der Waals surface area (Å²) in [5.41, 5.74) is 1.40. The van der Waals surface area contributed by atoms with Gasteiger partial charge in [-0.2, -0.15) is 0 Å². The Morgan fingerprint density at radius 2 is 1.77 bits per heavy atom. The summed E-state index contributed by atoms with van der Waals surface area (Å²) in [5.74, 6) is 1.10. The number of benzene rings is 1. The predicted molar refractivity (Wildman–Crippen MR) is 96.5 cm³/mol. The van der Waals surface area contributed by atoms with E-state index >= 15 is 0 Å². The van der Waals surface area contributed by atoms with Crippen molar-refractivity contribution in [3.63, 3.8) is 0 Å². The standard InChI is InChI=1S/C19H23N3O4/c1-25-15-5-6-16(17(13-15)26-2)19(24)22-10-8-21(9-11-22)18(23)12-14-4-3-7-20-14/h3-7,13,20H,8-12H2,1-2H3. The number of aromatic amines is 1. The van der Waals surface area contributed by atoms with E-state index in [1.165, 1.54) is 7.11 Å². The van der Waals surface area contributed by atoms with Gasteiger partial charge < -0.3 is 24.3 Å². The zero-order valence-corrected chi connectivity index (χ0v) is 15.0. The lowest BCUT2D eigenvalue weighted by molar-refractivity contribution is -0.132. The predicted octanol–water partition coefficient (Wildman–Crippen LogP) is 1.56. The molecule has 1 fully saturated rings. The highest BCUT2D eigenvalue weighted by Crippen LogP contribution is 2.26. The first-order valence-corrected chi connectivity index (χ1v) is 8.53. The number of hydrogen-bond donors (Lipinski definition) is 1. The molecule has 0 unspecified atom stereocenters. The van der Waals surface area contributed by atoms with Gasteiger partial charge in [0.05, 0.1) is 26.2 Å². The summed E-state index contributed by atoms with van der Waals surface area (Å²) in [4.78, 5) is 31.8. The van der Waals surface area contributed by atoms with Gasteiger partial charge in [-0.05, 0) is 24.3 Å². The maximum atomic E-state index is 12.8. The monoisotopic (exact) mass is 357 g/mol. The largest absolute Gasteiger partial charge is 0.497 e. The summed E-state index contributed by atoms with van der Waals surface area (Å²) in [6, 6.07) is 8.92. The molecule has 2 amide bonds. The highest BCUT2D eigenvalue weighted by Gasteiger charge is 2.26. The molecular weight excluding hydrogens is 334 g/mol. The summed E-state index contributed by atoms with van der Waals surface area (Å²) < 4.78 is 10.5. The van der Waals surface area contributed by atoms with Crippen LogP contribution in [0, 0.1) is 0 Å². The van der Waals surface area contributed by atoms with Crippen molar-refractivity contribution < 1.29 is 19.1 Å². The average molecular weight is 357 g/mol. The van der Waals surface area contributed by atoms with E-state index in [-0.39, 0.29) is 11.8 Å². The van der Waals surface area contributed by atoms with Gasteiger partial charge in [0.1, 0.15) is 11.5 Å². The number of H-pyrrole nitrogens is 1. The molecule has 0 saturated carbocycles. The average Bonchev–Trinajstić information content (AvgIpc) is 3.20. The molecule has 1 aliphatic heterocycles. The van der Waals surface area contributed by atoms with Crippen LogP contribution in [0.3, 0.4) is 0 Å². The summed E-state index contributed by atoms with van der Waals surface area (Å²) >= 11 is 0. The lowest BCUT2D eigenvalue weighted by atomic mass is 10.1. The zero-order valence-electron chi connectivity index (χ0n) is 15.0. The second-order valence-electron chi connectivity index (χ2n) is 6.11. The van der Waals surface area contributed by atoms with Crippen molar-refractivity contribution in [2.45, 2.75) is 6.42 Å². The molecular formula is C19H23N3O4. The van der Waals surface area contributed by atoms with Gasteiger partial charge in [0.15, 0.2) is 0 Å². The fourth-order valence-electron chi connectivity index (χ4n) is 3.06. The van der Waals surface area contributed by atoms with Gasteiger partial charge >= 0.3 is 0 Å². The summed E-state index contributed by atoms with van der Waals surface area (Å²) in [6.07, 6.45) is 2.16. The SMILES string of the molecule is COc1ccc(C(=O)N2CCN(C(=O)Cc3ccc[nH]3)CC2)c(OC)c1. The lowest BCUT2D eigenvalue weighted by Crippen LogP contribution is -2.51. The Hall–Kier alpha value is -2.96. The number of carbonyl (C=O) groups is 2. The smallest absolute Gasteiger partial charge is 0.257 e. The van der Waals surface area contributed by atoms with Crippen LogP contribution in [0.5, 0.6) is 11.5 Å². The number of hydrogen-bond acceptors (Lipinski definition) is 4. The highest BCUT2D eigenvalue weighted by molar-refractivity contribution is 5.97. The van der Waals surface area contributed by atoms with E-state index in [1.54, 1.807) is 35.1 Å². The number of nitrogens with zero attached hydrogens (tertiary/aromatic N) is 2. The topological polar surface area (TPSA) is 74.9 Å². The molecule has 0 radical (unpaired) electrons. The molecule has 0 atom stereocenters. The van der Waals surface area contributed by atoms with E-state index in [0.29, 0.717) is 49.7 Å².